The van der Waals surface area contributed by atoms with E-state index in [1.165, 1.54) is 30.8 Å². The minimum Gasteiger partial charge on any atom is -0.469 e. The van der Waals surface area contributed by atoms with Gasteiger partial charge in [-0.25, -0.2) is 0 Å². The van der Waals surface area contributed by atoms with Crippen LogP contribution in [0.3, 0.4) is 0 Å². The second-order valence-electron chi connectivity index (χ2n) is 6.37. The summed E-state index contributed by atoms with van der Waals surface area (Å²) in [6.45, 7) is 4.19. The first-order valence-electron chi connectivity index (χ1n) is 8.29. The topological polar surface area (TPSA) is 34.4 Å². The number of hydrogen-bond donors (Lipinski definition) is 1. The monoisotopic (exact) mass is 309 g/mol. The summed E-state index contributed by atoms with van der Waals surface area (Å²) in [4.78, 5) is 0. The average Bonchev–Trinajstić information content (AvgIpc) is 3.16. The summed E-state index contributed by atoms with van der Waals surface area (Å²) in [5.74, 6) is 4.31. The van der Waals surface area contributed by atoms with E-state index in [1.807, 2.05) is 6.07 Å². The van der Waals surface area contributed by atoms with Crippen LogP contribution in [0.5, 0.6) is 0 Å². The molecule has 1 spiro atoms. The number of hydrogen-bond acceptors (Lipinski definition) is 4. The third-order valence-electron chi connectivity index (χ3n) is 4.92. The highest BCUT2D eigenvalue weighted by molar-refractivity contribution is 7.99. The molecule has 2 aliphatic heterocycles. The van der Waals surface area contributed by atoms with Crippen LogP contribution in [0.15, 0.2) is 22.8 Å². The van der Waals surface area contributed by atoms with E-state index in [1.54, 1.807) is 6.26 Å². The molecule has 1 aromatic heterocycles. The summed E-state index contributed by atoms with van der Waals surface area (Å²) >= 11 is 2.06. The Hall–Kier alpha value is -0.450. The van der Waals surface area contributed by atoms with Gasteiger partial charge in [0.1, 0.15) is 5.76 Å². The zero-order valence-electron chi connectivity index (χ0n) is 13.0. The zero-order valence-corrected chi connectivity index (χ0v) is 13.8. The molecule has 2 saturated heterocycles. The van der Waals surface area contributed by atoms with Crippen LogP contribution in [0.2, 0.25) is 0 Å². The van der Waals surface area contributed by atoms with Gasteiger partial charge in [0.05, 0.1) is 11.9 Å². The standard InChI is InChI=1S/C17H27NO2S/c1-2-18-16(6-5-15-4-3-9-19-15)14-7-10-20-17(12-14)8-11-21-13-17/h3-4,9,14,16,18H,2,5-8,10-13H2,1H3. The van der Waals surface area contributed by atoms with Crippen molar-refractivity contribution in [1.29, 1.82) is 0 Å². The lowest BCUT2D eigenvalue weighted by molar-refractivity contribution is -0.0854. The van der Waals surface area contributed by atoms with Crippen molar-refractivity contribution < 1.29 is 9.15 Å². The van der Waals surface area contributed by atoms with Crippen LogP contribution in [0.1, 0.15) is 38.4 Å². The van der Waals surface area contributed by atoms with Crippen molar-refractivity contribution in [2.24, 2.45) is 5.92 Å². The van der Waals surface area contributed by atoms with Gasteiger partial charge in [-0.3, -0.25) is 0 Å². The molecule has 118 valence electrons. The van der Waals surface area contributed by atoms with Crippen molar-refractivity contribution in [3.8, 4) is 0 Å². The van der Waals surface area contributed by atoms with E-state index in [-0.39, 0.29) is 5.60 Å². The molecule has 0 saturated carbocycles. The molecule has 0 amide bonds. The van der Waals surface area contributed by atoms with Gasteiger partial charge in [0, 0.05) is 24.8 Å². The molecular formula is C17H27NO2S. The first-order valence-corrected chi connectivity index (χ1v) is 9.44. The molecule has 3 rings (SSSR count). The van der Waals surface area contributed by atoms with Gasteiger partial charge in [-0.1, -0.05) is 6.92 Å². The molecule has 21 heavy (non-hydrogen) atoms. The van der Waals surface area contributed by atoms with E-state index in [4.69, 9.17) is 9.15 Å². The molecule has 3 nitrogen and oxygen atoms in total. The normalized spacial score (nSPS) is 30.8. The van der Waals surface area contributed by atoms with Gasteiger partial charge in [-0.2, -0.15) is 11.8 Å². The van der Waals surface area contributed by atoms with Gasteiger partial charge in [0.25, 0.3) is 0 Å². The number of aryl methyl sites for hydroxylation is 1. The summed E-state index contributed by atoms with van der Waals surface area (Å²) in [7, 11) is 0. The van der Waals surface area contributed by atoms with Crippen molar-refractivity contribution >= 4 is 11.8 Å². The summed E-state index contributed by atoms with van der Waals surface area (Å²) in [5, 5.41) is 3.72. The van der Waals surface area contributed by atoms with Crippen molar-refractivity contribution in [3.05, 3.63) is 24.2 Å². The minimum absolute atomic E-state index is 0.186. The second kappa shape index (κ2) is 7.21. The van der Waals surface area contributed by atoms with E-state index >= 15 is 0 Å². The Morgan fingerprint density at radius 2 is 2.48 bits per heavy atom. The van der Waals surface area contributed by atoms with Crippen molar-refractivity contribution in [3.63, 3.8) is 0 Å². The smallest absolute Gasteiger partial charge is 0.103 e. The molecule has 0 bridgehead atoms. The van der Waals surface area contributed by atoms with E-state index < -0.39 is 0 Å². The Balaban J connectivity index is 1.59. The fourth-order valence-electron chi connectivity index (χ4n) is 3.79. The largest absolute Gasteiger partial charge is 0.469 e. The highest BCUT2D eigenvalue weighted by Crippen LogP contribution is 2.41. The number of rotatable bonds is 6. The van der Waals surface area contributed by atoms with Crippen LogP contribution in [0.25, 0.3) is 0 Å². The third kappa shape index (κ3) is 3.85. The highest BCUT2D eigenvalue weighted by atomic mass is 32.2. The molecule has 0 aliphatic carbocycles. The van der Waals surface area contributed by atoms with Crippen LogP contribution in [0.4, 0.5) is 0 Å². The first-order chi connectivity index (χ1) is 10.3. The quantitative estimate of drug-likeness (QED) is 0.872. The Labute approximate surface area is 132 Å². The molecule has 0 radical (unpaired) electrons. The maximum absolute atomic E-state index is 6.17. The van der Waals surface area contributed by atoms with Crippen molar-refractivity contribution in [2.75, 3.05) is 24.7 Å². The van der Waals surface area contributed by atoms with E-state index in [0.717, 1.165) is 37.7 Å². The lowest BCUT2D eigenvalue weighted by Crippen LogP contribution is -2.47. The van der Waals surface area contributed by atoms with Crippen molar-refractivity contribution in [1.82, 2.24) is 5.32 Å². The summed E-state index contributed by atoms with van der Waals surface area (Å²) in [6.07, 6.45) is 7.64. The molecule has 0 aromatic carbocycles. The van der Waals surface area contributed by atoms with E-state index in [2.05, 4.69) is 30.1 Å². The lowest BCUT2D eigenvalue weighted by atomic mass is 9.80. The maximum Gasteiger partial charge on any atom is 0.103 e. The number of thioether (sulfide) groups is 1. The van der Waals surface area contributed by atoms with Crippen LogP contribution in [-0.4, -0.2) is 36.3 Å². The van der Waals surface area contributed by atoms with Gasteiger partial charge in [0.15, 0.2) is 0 Å². The molecule has 3 heterocycles. The Morgan fingerprint density at radius 3 is 3.19 bits per heavy atom. The molecular weight excluding hydrogens is 282 g/mol. The predicted molar refractivity (Wildman–Crippen MR) is 87.8 cm³/mol. The lowest BCUT2D eigenvalue weighted by Gasteiger charge is -2.41. The molecule has 1 aromatic rings. The van der Waals surface area contributed by atoms with Crippen LogP contribution in [0, 0.1) is 5.92 Å². The summed E-state index contributed by atoms with van der Waals surface area (Å²) in [6, 6.07) is 4.66. The fourth-order valence-corrected chi connectivity index (χ4v) is 5.17. The van der Waals surface area contributed by atoms with Crippen molar-refractivity contribution in [2.45, 2.75) is 50.7 Å². The molecule has 2 fully saturated rings. The third-order valence-corrected chi connectivity index (χ3v) is 6.14. The van der Waals surface area contributed by atoms with Crippen LogP contribution < -0.4 is 5.32 Å². The van der Waals surface area contributed by atoms with Gasteiger partial charge >= 0.3 is 0 Å². The first kappa shape index (κ1) is 15.4. The fraction of sp³-hybridized carbons (Fsp3) is 0.765. The summed E-state index contributed by atoms with van der Waals surface area (Å²) in [5.41, 5.74) is 0.186. The molecule has 3 atom stereocenters. The molecule has 4 heteroatoms. The molecule has 3 unspecified atom stereocenters. The Morgan fingerprint density at radius 1 is 1.52 bits per heavy atom. The van der Waals surface area contributed by atoms with Gasteiger partial charge in [0.2, 0.25) is 0 Å². The number of nitrogens with one attached hydrogen (secondary N) is 1. The predicted octanol–water partition coefficient (Wildman–Crippen LogP) is 3.49. The van der Waals surface area contributed by atoms with Gasteiger partial charge in [-0.15, -0.1) is 0 Å². The Kier molecular flexibility index (Phi) is 5.30. The molecule has 1 N–H and O–H groups in total. The Bertz CT molecular complexity index is 414. The maximum atomic E-state index is 6.17. The number of furan rings is 1. The van der Waals surface area contributed by atoms with E-state index in [0.29, 0.717) is 6.04 Å². The van der Waals surface area contributed by atoms with Gasteiger partial charge in [-0.05, 0) is 56.0 Å². The molecule has 2 aliphatic rings. The summed E-state index contributed by atoms with van der Waals surface area (Å²) < 4.78 is 11.7. The second-order valence-corrected chi connectivity index (χ2v) is 7.47. The van der Waals surface area contributed by atoms with E-state index in [9.17, 15) is 0 Å². The average molecular weight is 309 g/mol. The van der Waals surface area contributed by atoms with Crippen LogP contribution in [-0.2, 0) is 11.2 Å². The highest BCUT2D eigenvalue weighted by Gasteiger charge is 2.42. The van der Waals surface area contributed by atoms with Gasteiger partial charge < -0.3 is 14.5 Å². The minimum atomic E-state index is 0.186. The number of ether oxygens (including phenoxy) is 1. The SMILES string of the molecule is CCNC(CCc1ccco1)C1CCOC2(CCSC2)C1. The zero-order chi connectivity index (χ0) is 14.5. The van der Waals surface area contributed by atoms with Crippen LogP contribution >= 0.6 is 11.8 Å².